The maximum Gasteiger partial charge on any atom is 0.276 e. The highest BCUT2D eigenvalue weighted by Gasteiger charge is 2.43. The number of sulfonamides is 1. The Morgan fingerprint density at radius 1 is 1.25 bits per heavy atom. The number of ether oxygens (including phenoxy) is 1. The topological polar surface area (TPSA) is 136 Å². The van der Waals surface area contributed by atoms with Gasteiger partial charge in [-0.15, -0.1) is 0 Å². The minimum atomic E-state index is -4.09. The number of rotatable bonds is 3. The SMILES string of the molecule is Cc1cc(NC(=O)c2c3c(cn2C)S(=O)(=O)NC2CN(C(=O)c4ncoc4C)CC2CO3)ccc1F. The summed E-state index contributed by atoms with van der Waals surface area (Å²) in [4.78, 5) is 31.3. The van der Waals surface area contributed by atoms with E-state index in [1.54, 1.807) is 13.8 Å². The van der Waals surface area contributed by atoms with E-state index in [9.17, 15) is 22.4 Å². The number of hydrogen-bond acceptors (Lipinski definition) is 7. The molecule has 2 N–H and O–H groups in total. The van der Waals surface area contributed by atoms with Gasteiger partial charge >= 0.3 is 0 Å². The van der Waals surface area contributed by atoms with Gasteiger partial charge in [0.05, 0.1) is 6.61 Å². The van der Waals surface area contributed by atoms with Crippen molar-refractivity contribution in [3.63, 3.8) is 0 Å². The Hall–Kier alpha value is -3.71. The van der Waals surface area contributed by atoms with Gasteiger partial charge in [-0.25, -0.2) is 22.5 Å². The number of nitrogens with zero attached hydrogens (tertiary/aromatic N) is 3. The summed E-state index contributed by atoms with van der Waals surface area (Å²) < 4.78 is 55.2. The molecular weight excluding hydrogens is 493 g/mol. The van der Waals surface area contributed by atoms with E-state index in [-0.39, 0.29) is 53.6 Å². The molecule has 1 saturated heterocycles. The average Bonchev–Trinajstić information content (AvgIpc) is 3.50. The minimum Gasteiger partial charge on any atom is -0.489 e. The van der Waals surface area contributed by atoms with Gasteiger partial charge in [0.25, 0.3) is 11.8 Å². The number of carbonyl (C=O) groups excluding carboxylic acids is 2. The molecule has 0 bridgehead atoms. The van der Waals surface area contributed by atoms with Gasteiger partial charge in [-0.1, -0.05) is 0 Å². The van der Waals surface area contributed by atoms with Crippen molar-refractivity contribution in [3.05, 3.63) is 59.3 Å². The number of aromatic nitrogens is 2. The first kappa shape index (κ1) is 24.0. The molecular formula is C23H24FN5O6S. The predicted molar refractivity (Wildman–Crippen MR) is 125 cm³/mol. The standard InChI is InChI=1S/C23H24FN5O6S/c1-12-6-15(4-5-16(12)24)26-22(30)20-21-18(9-28(20)3)36(32,33)27-17-8-29(7-14(17)10-34-21)23(31)19-13(2)35-11-25-19/h4-6,9,11,14,17,27H,7-8,10H2,1-3H3,(H,26,30). The van der Waals surface area contributed by atoms with Gasteiger partial charge in [0.2, 0.25) is 10.0 Å². The van der Waals surface area contributed by atoms with Crippen LogP contribution in [0.1, 0.15) is 32.3 Å². The van der Waals surface area contributed by atoms with Crippen molar-refractivity contribution in [2.75, 3.05) is 25.0 Å². The van der Waals surface area contributed by atoms with E-state index in [0.29, 0.717) is 17.0 Å². The Labute approximate surface area is 206 Å². The third-order valence-corrected chi connectivity index (χ3v) is 7.93. The molecule has 190 valence electrons. The van der Waals surface area contributed by atoms with Gasteiger partial charge in [-0.2, -0.15) is 0 Å². The van der Waals surface area contributed by atoms with Crippen molar-refractivity contribution in [1.29, 1.82) is 0 Å². The van der Waals surface area contributed by atoms with Crippen LogP contribution in [-0.2, 0) is 17.1 Å². The number of anilines is 1. The molecule has 2 aliphatic rings. The molecule has 0 spiro atoms. The van der Waals surface area contributed by atoms with Gasteiger partial charge < -0.3 is 23.9 Å². The first-order chi connectivity index (χ1) is 17.0. The number of aryl methyl sites for hydroxylation is 3. The molecule has 2 aliphatic heterocycles. The maximum atomic E-state index is 13.6. The van der Waals surface area contributed by atoms with E-state index in [1.807, 2.05) is 0 Å². The van der Waals surface area contributed by atoms with Crippen molar-refractivity contribution in [2.24, 2.45) is 13.0 Å². The Morgan fingerprint density at radius 2 is 2.03 bits per heavy atom. The molecule has 11 nitrogen and oxygen atoms in total. The number of oxazole rings is 1. The second-order valence-electron chi connectivity index (χ2n) is 8.97. The monoisotopic (exact) mass is 517 g/mol. The number of hydrogen-bond donors (Lipinski definition) is 2. The molecule has 2 unspecified atom stereocenters. The molecule has 2 amide bonds. The lowest BCUT2D eigenvalue weighted by atomic mass is 10.1. The number of amides is 2. The molecule has 0 aliphatic carbocycles. The Balaban J connectivity index is 1.41. The van der Waals surface area contributed by atoms with E-state index in [2.05, 4.69) is 15.0 Å². The number of likely N-dealkylation sites (tertiary alicyclic amines) is 1. The van der Waals surface area contributed by atoms with Crippen LogP contribution >= 0.6 is 0 Å². The third kappa shape index (κ3) is 4.13. The van der Waals surface area contributed by atoms with E-state index in [4.69, 9.17) is 9.15 Å². The van der Waals surface area contributed by atoms with Crippen LogP contribution < -0.4 is 14.8 Å². The number of nitrogens with one attached hydrogen (secondary N) is 2. The molecule has 13 heteroatoms. The Morgan fingerprint density at radius 3 is 2.72 bits per heavy atom. The van der Waals surface area contributed by atoms with Gasteiger partial charge in [0, 0.05) is 44.0 Å². The highest BCUT2D eigenvalue weighted by molar-refractivity contribution is 7.89. The van der Waals surface area contributed by atoms with E-state index < -0.39 is 27.8 Å². The summed E-state index contributed by atoms with van der Waals surface area (Å²) in [5.41, 5.74) is 0.881. The number of carbonyl (C=O) groups is 2. The Bertz CT molecular complexity index is 1480. The lowest BCUT2D eigenvalue weighted by molar-refractivity contribution is 0.0775. The zero-order valence-electron chi connectivity index (χ0n) is 19.7. The molecule has 0 saturated carbocycles. The normalized spacial score (nSPS) is 20.6. The lowest BCUT2D eigenvalue weighted by Crippen LogP contribution is -2.43. The predicted octanol–water partition coefficient (Wildman–Crippen LogP) is 1.83. The van der Waals surface area contributed by atoms with Crippen LogP contribution in [0.4, 0.5) is 10.1 Å². The number of benzene rings is 1. The zero-order valence-corrected chi connectivity index (χ0v) is 20.6. The largest absolute Gasteiger partial charge is 0.489 e. The van der Waals surface area contributed by atoms with Crippen molar-refractivity contribution in [2.45, 2.75) is 24.8 Å². The van der Waals surface area contributed by atoms with Crippen LogP contribution in [0, 0.1) is 25.6 Å². The van der Waals surface area contributed by atoms with Crippen LogP contribution in [0.25, 0.3) is 0 Å². The minimum absolute atomic E-state index is 0.0000422. The summed E-state index contributed by atoms with van der Waals surface area (Å²) in [7, 11) is -2.55. The van der Waals surface area contributed by atoms with Crippen LogP contribution in [-0.4, -0.2) is 60.4 Å². The maximum absolute atomic E-state index is 13.6. The fourth-order valence-corrected chi connectivity index (χ4v) is 6.03. The summed E-state index contributed by atoms with van der Waals surface area (Å²) in [6.07, 6.45) is 2.49. The fraction of sp³-hybridized carbons (Fsp3) is 0.348. The lowest BCUT2D eigenvalue weighted by Gasteiger charge is -2.23. The third-order valence-electron chi connectivity index (χ3n) is 6.45. The van der Waals surface area contributed by atoms with Crippen LogP contribution in [0.3, 0.4) is 0 Å². The molecule has 3 aromatic rings. The number of fused-ring (bicyclic) bond motifs is 2. The summed E-state index contributed by atoms with van der Waals surface area (Å²) >= 11 is 0. The van der Waals surface area contributed by atoms with E-state index in [0.717, 1.165) is 0 Å². The summed E-state index contributed by atoms with van der Waals surface area (Å²) in [5, 5.41) is 2.67. The molecule has 0 radical (unpaired) electrons. The van der Waals surface area contributed by atoms with Crippen molar-refractivity contribution >= 4 is 27.5 Å². The van der Waals surface area contributed by atoms with Crippen molar-refractivity contribution < 1.29 is 31.6 Å². The zero-order chi connectivity index (χ0) is 25.8. The molecule has 1 aromatic carbocycles. The molecule has 36 heavy (non-hydrogen) atoms. The molecule has 2 atom stereocenters. The van der Waals surface area contributed by atoms with E-state index >= 15 is 0 Å². The van der Waals surface area contributed by atoms with Crippen LogP contribution in [0.2, 0.25) is 0 Å². The fourth-order valence-electron chi connectivity index (χ4n) is 4.54. The van der Waals surface area contributed by atoms with Crippen LogP contribution in [0.15, 0.2) is 40.1 Å². The second kappa shape index (κ2) is 8.75. The van der Waals surface area contributed by atoms with Crippen molar-refractivity contribution in [3.8, 4) is 5.75 Å². The summed E-state index contributed by atoms with van der Waals surface area (Å²) in [5.74, 6) is -1.45. The van der Waals surface area contributed by atoms with Gasteiger partial charge in [0.15, 0.2) is 23.5 Å². The van der Waals surface area contributed by atoms with Gasteiger partial charge in [-0.3, -0.25) is 9.59 Å². The van der Waals surface area contributed by atoms with Gasteiger partial charge in [-0.05, 0) is 37.6 Å². The molecule has 2 aromatic heterocycles. The quantitative estimate of drug-likeness (QED) is 0.541. The first-order valence-electron chi connectivity index (χ1n) is 11.2. The summed E-state index contributed by atoms with van der Waals surface area (Å²) in [6.45, 7) is 3.64. The first-order valence-corrected chi connectivity index (χ1v) is 12.6. The molecule has 4 heterocycles. The van der Waals surface area contributed by atoms with Gasteiger partial charge in [0.1, 0.15) is 16.5 Å². The summed E-state index contributed by atoms with van der Waals surface area (Å²) in [6, 6.07) is 3.54. The second-order valence-corrected chi connectivity index (χ2v) is 10.6. The number of halogens is 1. The molecule has 5 rings (SSSR count). The highest BCUT2D eigenvalue weighted by Crippen LogP contribution is 2.35. The Kier molecular flexibility index (Phi) is 5.83. The van der Waals surface area contributed by atoms with Crippen LogP contribution in [0.5, 0.6) is 5.75 Å². The van der Waals surface area contributed by atoms with E-state index in [1.165, 1.54) is 47.3 Å². The molecule has 1 fully saturated rings. The van der Waals surface area contributed by atoms with Crippen molar-refractivity contribution in [1.82, 2.24) is 19.2 Å². The average molecular weight is 518 g/mol. The smallest absolute Gasteiger partial charge is 0.276 e. The highest BCUT2D eigenvalue weighted by atomic mass is 32.2.